The summed E-state index contributed by atoms with van der Waals surface area (Å²) in [5.74, 6) is 1.51. The topological polar surface area (TPSA) is 41.1 Å². The van der Waals surface area contributed by atoms with Crippen molar-refractivity contribution in [2.75, 3.05) is 25.0 Å². The van der Waals surface area contributed by atoms with Crippen molar-refractivity contribution in [1.29, 1.82) is 0 Å². The molecule has 4 heteroatoms. The van der Waals surface area contributed by atoms with E-state index in [4.69, 9.17) is 0 Å². The van der Waals surface area contributed by atoms with E-state index in [-0.39, 0.29) is 0 Å². The third kappa shape index (κ3) is 5.87. The predicted molar refractivity (Wildman–Crippen MR) is 86.1 cm³/mol. The summed E-state index contributed by atoms with van der Waals surface area (Å²) in [6.45, 7) is 11.6. The van der Waals surface area contributed by atoms with Gasteiger partial charge >= 0.3 is 0 Å². The van der Waals surface area contributed by atoms with Crippen LogP contribution in [0, 0.1) is 12.8 Å². The van der Waals surface area contributed by atoms with E-state index in [0.29, 0.717) is 5.92 Å². The largest absolute Gasteiger partial charge is 0.344 e. The second-order valence-electron chi connectivity index (χ2n) is 5.93. The molecule has 1 aromatic heterocycles. The average molecular weight is 278 g/mol. The molecule has 0 spiro atoms. The molecule has 1 rings (SSSR count). The van der Waals surface area contributed by atoms with Gasteiger partial charge in [0.25, 0.3) is 0 Å². The molecular weight excluding hydrogens is 248 g/mol. The molecule has 114 valence electrons. The summed E-state index contributed by atoms with van der Waals surface area (Å²) >= 11 is 0. The molecule has 0 unspecified atom stereocenters. The quantitative estimate of drug-likeness (QED) is 0.705. The van der Waals surface area contributed by atoms with Crippen molar-refractivity contribution in [2.45, 2.75) is 53.5 Å². The Morgan fingerprint density at radius 2 is 2.05 bits per heavy atom. The zero-order chi connectivity index (χ0) is 15.0. The molecule has 0 fully saturated rings. The van der Waals surface area contributed by atoms with Crippen molar-refractivity contribution in [2.24, 2.45) is 5.92 Å². The molecule has 0 aliphatic heterocycles. The zero-order valence-electron chi connectivity index (χ0n) is 13.7. The molecule has 0 bridgehead atoms. The Hall–Kier alpha value is -1.16. The second-order valence-corrected chi connectivity index (χ2v) is 5.93. The van der Waals surface area contributed by atoms with Crippen molar-refractivity contribution in [1.82, 2.24) is 15.3 Å². The summed E-state index contributed by atoms with van der Waals surface area (Å²) in [7, 11) is 2.07. The predicted octanol–water partition coefficient (Wildman–Crippen LogP) is 3.16. The van der Waals surface area contributed by atoms with E-state index in [0.717, 1.165) is 31.3 Å². The van der Waals surface area contributed by atoms with Gasteiger partial charge in [0.1, 0.15) is 0 Å². The molecule has 1 aromatic rings. The molecule has 0 atom stereocenters. The minimum Gasteiger partial charge on any atom is -0.344 e. The van der Waals surface area contributed by atoms with E-state index in [1.54, 1.807) is 0 Å². The van der Waals surface area contributed by atoms with Crippen molar-refractivity contribution in [3.05, 3.63) is 17.5 Å². The third-order valence-corrected chi connectivity index (χ3v) is 3.37. The van der Waals surface area contributed by atoms with Crippen LogP contribution in [0.3, 0.4) is 0 Å². The number of aromatic nitrogens is 2. The van der Waals surface area contributed by atoms with Crippen LogP contribution in [0.4, 0.5) is 5.95 Å². The second kappa shape index (κ2) is 8.90. The summed E-state index contributed by atoms with van der Waals surface area (Å²) < 4.78 is 0. The van der Waals surface area contributed by atoms with E-state index in [9.17, 15) is 0 Å². The van der Waals surface area contributed by atoms with Gasteiger partial charge in [-0.3, -0.25) is 0 Å². The van der Waals surface area contributed by atoms with Crippen LogP contribution in [0.15, 0.2) is 6.20 Å². The van der Waals surface area contributed by atoms with Crippen molar-refractivity contribution in [3.8, 4) is 0 Å². The van der Waals surface area contributed by atoms with Crippen LogP contribution in [0.25, 0.3) is 0 Å². The van der Waals surface area contributed by atoms with Gasteiger partial charge in [-0.25, -0.2) is 9.97 Å². The SMILES string of the molecule is CCCCCN(C)c1ncc(CNCC(C)C)c(C)n1. The van der Waals surface area contributed by atoms with Crippen molar-refractivity contribution < 1.29 is 0 Å². The molecule has 0 amide bonds. The van der Waals surface area contributed by atoms with E-state index in [1.165, 1.54) is 24.8 Å². The highest BCUT2D eigenvalue weighted by Gasteiger charge is 2.07. The molecule has 0 radical (unpaired) electrons. The first-order chi connectivity index (χ1) is 9.54. The van der Waals surface area contributed by atoms with Crippen LogP contribution in [0.2, 0.25) is 0 Å². The van der Waals surface area contributed by atoms with Gasteiger partial charge in [-0.05, 0) is 25.8 Å². The summed E-state index contributed by atoms with van der Waals surface area (Å²) in [6.07, 6.45) is 5.67. The molecule has 4 nitrogen and oxygen atoms in total. The van der Waals surface area contributed by atoms with Gasteiger partial charge in [0.15, 0.2) is 0 Å². The molecule has 1 N–H and O–H groups in total. The normalized spacial score (nSPS) is 11.1. The minimum absolute atomic E-state index is 0.667. The standard InChI is InChI=1S/C16H30N4/c1-6-7-8-9-20(5)16-18-12-15(14(4)19-16)11-17-10-13(2)3/h12-13,17H,6-11H2,1-5H3. The third-order valence-electron chi connectivity index (χ3n) is 3.37. The summed E-state index contributed by atoms with van der Waals surface area (Å²) in [5, 5.41) is 3.44. The fourth-order valence-electron chi connectivity index (χ4n) is 2.03. The fraction of sp³-hybridized carbons (Fsp3) is 0.750. The van der Waals surface area contributed by atoms with Gasteiger partial charge in [-0.2, -0.15) is 0 Å². The van der Waals surface area contributed by atoms with Gasteiger partial charge in [0.2, 0.25) is 5.95 Å². The Balaban J connectivity index is 2.53. The number of hydrogen-bond donors (Lipinski definition) is 1. The first-order valence-electron chi connectivity index (χ1n) is 7.79. The van der Waals surface area contributed by atoms with Crippen LogP contribution >= 0.6 is 0 Å². The van der Waals surface area contributed by atoms with Crippen molar-refractivity contribution >= 4 is 5.95 Å². The molecule has 0 aliphatic rings. The number of rotatable bonds is 9. The maximum absolute atomic E-state index is 4.62. The fourth-order valence-corrected chi connectivity index (χ4v) is 2.03. The number of unbranched alkanes of at least 4 members (excludes halogenated alkanes) is 2. The van der Waals surface area contributed by atoms with Crippen LogP contribution in [0.1, 0.15) is 51.3 Å². The van der Waals surface area contributed by atoms with Gasteiger partial charge < -0.3 is 10.2 Å². The summed E-state index contributed by atoms with van der Waals surface area (Å²) in [5.41, 5.74) is 2.27. The Labute approximate surface area is 124 Å². The molecule has 0 aliphatic carbocycles. The Morgan fingerprint density at radius 1 is 1.30 bits per heavy atom. The molecular formula is C16H30N4. The summed E-state index contributed by atoms with van der Waals surface area (Å²) in [4.78, 5) is 11.3. The van der Waals surface area contributed by atoms with E-state index in [1.807, 2.05) is 6.20 Å². The molecule has 1 heterocycles. The van der Waals surface area contributed by atoms with Gasteiger partial charge in [-0.1, -0.05) is 33.6 Å². The van der Waals surface area contributed by atoms with Crippen molar-refractivity contribution in [3.63, 3.8) is 0 Å². The van der Waals surface area contributed by atoms with Crippen LogP contribution in [0.5, 0.6) is 0 Å². The lowest BCUT2D eigenvalue weighted by molar-refractivity contribution is 0.550. The smallest absolute Gasteiger partial charge is 0.225 e. The minimum atomic E-state index is 0.667. The molecule has 0 saturated heterocycles. The van der Waals surface area contributed by atoms with Crippen LogP contribution in [-0.4, -0.2) is 30.1 Å². The van der Waals surface area contributed by atoms with Gasteiger partial charge in [-0.15, -0.1) is 0 Å². The Morgan fingerprint density at radius 3 is 2.65 bits per heavy atom. The number of nitrogens with one attached hydrogen (secondary N) is 1. The highest BCUT2D eigenvalue weighted by Crippen LogP contribution is 2.11. The number of anilines is 1. The van der Waals surface area contributed by atoms with Crippen LogP contribution in [-0.2, 0) is 6.54 Å². The lowest BCUT2D eigenvalue weighted by Gasteiger charge is -2.18. The van der Waals surface area contributed by atoms with Crippen LogP contribution < -0.4 is 10.2 Å². The van der Waals surface area contributed by atoms with E-state index < -0.39 is 0 Å². The highest BCUT2D eigenvalue weighted by atomic mass is 15.2. The number of hydrogen-bond acceptors (Lipinski definition) is 4. The first kappa shape index (κ1) is 16.9. The molecule has 0 saturated carbocycles. The van der Waals surface area contributed by atoms with Gasteiger partial charge in [0, 0.05) is 37.6 Å². The lowest BCUT2D eigenvalue weighted by Crippen LogP contribution is -2.23. The Kier molecular flexibility index (Phi) is 7.52. The first-order valence-corrected chi connectivity index (χ1v) is 7.79. The van der Waals surface area contributed by atoms with E-state index in [2.05, 4.69) is 54.9 Å². The maximum atomic E-state index is 4.62. The number of nitrogens with zero attached hydrogens (tertiary/aromatic N) is 3. The van der Waals surface area contributed by atoms with E-state index >= 15 is 0 Å². The van der Waals surface area contributed by atoms with Gasteiger partial charge in [0.05, 0.1) is 0 Å². The molecule has 20 heavy (non-hydrogen) atoms. The lowest BCUT2D eigenvalue weighted by atomic mass is 10.2. The average Bonchev–Trinajstić information content (AvgIpc) is 2.40. The monoisotopic (exact) mass is 278 g/mol. The molecule has 0 aromatic carbocycles. The zero-order valence-corrected chi connectivity index (χ0v) is 13.7. The Bertz CT molecular complexity index is 390. The maximum Gasteiger partial charge on any atom is 0.225 e. The highest BCUT2D eigenvalue weighted by molar-refractivity contribution is 5.31. The summed E-state index contributed by atoms with van der Waals surface area (Å²) in [6, 6.07) is 0. The number of aryl methyl sites for hydroxylation is 1.